The first-order chi connectivity index (χ1) is 12.1. The molecule has 0 atom stereocenters. The predicted molar refractivity (Wildman–Crippen MR) is 88.8 cm³/mol. The molecule has 1 aliphatic rings. The molecule has 8 nitrogen and oxygen atoms in total. The van der Waals surface area contributed by atoms with Crippen LogP contribution in [0.4, 0.5) is 30.6 Å². The smallest absolute Gasteiger partial charge is 0.370 e. The molecule has 2 N–H and O–H groups in total. The molecular formula is C14H17F3N6O2S. The van der Waals surface area contributed by atoms with E-state index in [0.717, 1.165) is 4.09 Å². The lowest BCUT2D eigenvalue weighted by atomic mass is 10.3. The summed E-state index contributed by atoms with van der Waals surface area (Å²) in [6.45, 7) is 3.47. The van der Waals surface area contributed by atoms with E-state index in [0.29, 0.717) is 30.4 Å². The van der Waals surface area contributed by atoms with E-state index < -0.39 is 27.0 Å². The van der Waals surface area contributed by atoms with Crippen molar-refractivity contribution < 1.29 is 21.6 Å². The Bertz CT molecular complexity index is 921. The first-order valence-corrected chi connectivity index (χ1v) is 9.39. The van der Waals surface area contributed by atoms with Crippen molar-refractivity contribution in [2.45, 2.75) is 38.1 Å². The van der Waals surface area contributed by atoms with Crippen LogP contribution >= 0.6 is 0 Å². The van der Waals surface area contributed by atoms with Gasteiger partial charge in [0.25, 0.3) is 10.0 Å². The van der Waals surface area contributed by atoms with Crippen LogP contribution in [-0.2, 0) is 16.2 Å². The summed E-state index contributed by atoms with van der Waals surface area (Å²) in [5.74, 6) is -0.450. The summed E-state index contributed by atoms with van der Waals surface area (Å²) in [6, 6.07) is 0. The number of alkyl halides is 3. The van der Waals surface area contributed by atoms with E-state index in [1.54, 1.807) is 13.8 Å². The summed E-state index contributed by atoms with van der Waals surface area (Å²) in [7, 11) is -3.54. The van der Waals surface area contributed by atoms with Gasteiger partial charge in [0.2, 0.25) is 5.95 Å². The van der Waals surface area contributed by atoms with Crippen LogP contribution in [0.25, 0.3) is 0 Å². The molecule has 1 saturated carbocycles. The Hall–Kier alpha value is -2.37. The van der Waals surface area contributed by atoms with E-state index in [4.69, 9.17) is 0 Å². The van der Waals surface area contributed by atoms with Gasteiger partial charge < -0.3 is 10.6 Å². The highest BCUT2D eigenvalue weighted by Gasteiger charge is 2.38. The van der Waals surface area contributed by atoms with Crippen molar-refractivity contribution in [1.82, 2.24) is 19.2 Å². The highest BCUT2D eigenvalue weighted by atomic mass is 32.2. The fourth-order valence-corrected chi connectivity index (χ4v) is 3.80. The predicted octanol–water partition coefficient (Wildman–Crippen LogP) is 2.52. The van der Waals surface area contributed by atoms with Gasteiger partial charge in [-0.3, -0.25) is 0 Å². The average molecular weight is 390 g/mol. The normalized spacial score (nSPS) is 15.1. The molecule has 0 aromatic carbocycles. The molecule has 0 aliphatic heterocycles. The van der Waals surface area contributed by atoms with Crippen molar-refractivity contribution in [3.8, 4) is 0 Å². The molecule has 2 heterocycles. The summed E-state index contributed by atoms with van der Waals surface area (Å²) >= 11 is 0. The van der Waals surface area contributed by atoms with Gasteiger partial charge in [-0.25, -0.2) is 13.4 Å². The minimum Gasteiger partial charge on any atom is -0.370 e. The summed E-state index contributed by atoms with van der Waals surface area (Å²) in [4.78, 5) is 7.52. The highest BCUT2D eigenvalue weighted by Crippen LogP contribution is 2.34. The lowest BCUT2D eigenvalue weighted by Gasteiger charge is -2.13. The maximum Gasteiger partial charge on any atom is 0.421 e. The first kappa shape index (κ1) is 18.4. The molecule has 0 saturated heterocycles. The molecule has 1 aliphatic carbocycles. The zero-order chi connectivity index (χ0) is 19.1. The molecule has 0 spiro atoms. The number of nitrogens with one attached hydrogen (secondary N) is 2. The second-order valence-corrected chi connectivity index (χ2v) is 7.92. The van der Waals surface area contributed by atoms with Gasteiger partial charge in [0.1, 0.15) is 11.4 Å². The average Bonchev–Trinajstić information content (AvgIpc) is 3.33. The quantitative estimate of drug-likeness (QED) is 0.781. The number of halogens is 3. The minimum atomic E-state index is -4.59. The number of hydrogen-bond donors (Lipinski definition) is 2. The van der Waals surface area contributed by atoms with Crippen molar-refractivity contribution >= 4 is 27.5 Å². The molecule has 0 unspecified atom stereocenters. The Morgan fingerprint density at radius 3 is 2.62 bits per heavy atom. The lowest BCUT2D eigenvalue weighted by Crippen LogP contribution is -2.17. The van der Waals surface area contributed by atoms with Gasteiger partial charge in [-0.2, -0.15) is 27.3 Å². The van der Waals surface area contributed by atoms with E-state index >= 15 is 0 Å². The third-order valence-electron chi connectivity index (χ3n) is 3.77. The van der Waals surface area contributed by atoms with Crippen molar-refractivity contribution in [2.24, 2.45) is 0 Å². The topological polar surface area (TPSA) is 102 Å². The van der Waals surface area contributed by atoms with E-state index in [2.05, 4.69) is 25.7 Å². The molecule has 2 aromatic heterocycles. The van der Waals surface area contributed by atoms with Gasteiger partial charge in [-0.15, -0.1) is 0 Å². The maximum atomic E-state index is 13.0. The van der Waals surface area contributed by atoms with Crippen LogP contribution in [0.1, 0.15) is 31.0 Å². The minimum absolute atomic E-state index is 0.0968. The van der Waals surface area contributed by atoms with E-state index in [1.165, 1.54) is 6.20 Å². The maximum absolute atomic E-state index is 13.0. The van der Waals surface area contributed by atoms with Gasteiger partial charge in [-0.05, 0) is 26.7 Å². The van der Waals surface area contributed by atoms with E-state index in [9.17, 15) is 21.6 Å². The van der Waals surface area contributed by atoms with Crippen LogP contribution in [0.3, 0.4) is 0 Å². The summed E-state index contributed by atoms with van der Waals surface area (Å²) in [6.07, 6.45) is -1.45. The van der Waals surface area contributed by atoms with Crippen LogP contribution < -0.4 is 10.6 Å². The molecule has 0 radical (unpaired) electrons. The van der Waals surface area contributed by atoms with Gasteiger partial charge in [-0.1, -0.05) is 0 Å². The molecule has 1 fully saturated rings. The molecule has 2 aromatic rings. The van der Waals surface area contributed by atoms with Gasteiger partial charge >= 0.3 is 6.18 Å². The Balaban J connectivity index is 1.89. The number of rotatable bonds is 6. The molecule has 12 heteroatoms. The highest BCUT2D eigenvalue weighted by molar-refractivity contribution is 7.90. The molecule has 0 bridgehead atoms. The fourth-order valence-electron chi connectivity index (χ4n) is 2.28. The van der Waals surface area contributed by atoms with Gasteiger partial charge in [0, 0.05) is 12.7 Å². The Kier molecular flexibility index (Phi) is 4.54. The van der Waals surface area contributed by atoms with Crippen molar-refractivity contribution in [3.05, 3.63) is 23.7 Å². The number of hydrogen-bond acceptors (Lipinski definition) is 7. The first-order valence-electron chi connectivity index (χ1n) is 7.88. The standard InChI is InChI=1S/C14H17F3N6O2S/c1-3-18-12-10(14(15,16)17)6-19-13(21-12)20-11-7-23(22-8(11)2)26(24,25)9-4-5-9/h6-7,9H,3-5H2,1-2H3,(H2,18,19,20,21). The number of anilines is 3. The molecule has 26 heavy (non-hydrogen) atoms. The molecular weight excluding hydrogens is 373 g/mol. The third-order valence-corrected chi connectivity index (χ3v) is 5.79. The Labute approximate surface area is 147 Å². The zero-order valence-electron chi connectivity index (χ0n) is 14.0. The fraction of sp³-hybridized carbons (Fsp3) is 0.500. The lowest BCUT2D eigenvalue weighted by molar-refractivity contribution is -0.137. The van der Waals surface area contributed by atoms with Crippen LogP contribution in [0.15, 0.2) is 12.4 Å². The Morgan fingerprint density at radius 1 is 1.35 bits per heavy atom. The van der Waals surface area contributed by atoms with Gasteiger partial charge in [0.05, 0.1) is 22.8 Å². The molecule has 142 valence electrons. The number of nitrogens with zero attached hydrogens (tertiary/aromatic N) is 4. The largest absolute Gasteiger partial charge is 0.421 e. The summed E-state index contributed by atoms with van der Waals surface area (Å²) < 4.78 is 64.3. The third kappa shape index (κ3) is 3.59. The van der Waals surface area contributed by atoms with Crippen molar-refractivity contribution in [3.63, 3.8) is 0 Å². The zero-order valence-corrected chi connectivity index (χ0v) is 14.8. The van der Waals surface area contributed by atoms with Gasteiger partial charge in [0.15, 0.2) is 0 Å². The van der Waals surface area contributed by atoms with Crippen molar-refractivity contribution in [1.29, 1.82) is 0 Å². The number of aromatic nitrogens is 4. The molecule has 3 rings (SSSR count). The second-order valence-electron chi connectivity index (χ2n) is 5.85. The van der Waals surface area contributed by atoms with Crippen LogP contribution in [0.5, 0.6) is 0 Å². The second kappa shape index (κ2) is 6.41. The SMILES string of the molecule is CCNc1nc(Nc2cn(S(=O)(=O)C3CC3)nc2C)ncc1C(F)(F)F. The summed E-state index contributed by atoms with van der Waals surface area (Å²) in [5, 5.41) is 8.81. The van der Waals surface area contributed by atoms with Crippen LogP contribution in [0.2, 0.25) is 0 Å². The van der Waals surface area contributed by atoms with Crippen molar-refractivity contribution in [2.75, 3.05) is 17.2 Å². The van der Waals surface area contributed by atoms with E-state index in [-0.39, 0.29) is 18.3 Å². The van der Waals surface area contributed by atoms with Crippen LogP contribution in [-0.4, -0.2) is 39.4 Å². The number of aryl methyl sites for hydroxylation is 1. The summed E-state index contributed by atoms with van der Waals surface area (Å²) in [5.41, 5.74) is -0.312. The monoisotopic (exact) mass is 390 g/mol. The van der Waals surface area contributed by atoms with Crippen LogP contribution in [0, 0.1) is 6.92 Å². The molecule has 0 amide bonds. The van der Waals surface area contributed by atoms with E-state index in [1.807, 2.05) is 0 Å². The Morgan fingerprint density at radius 2 is 2.04 bits per heavy atom.